The third-order valence-corrected chi connectivity index (χ3v) is 5.55. The summed E-state index contributed by atoms with van der Waals surface area (Å²) in [5.74, 6) is 1.43. The first-order chi connectivity index (χ1) is 11.7. The molecule has 2 aromatic rings. The molecule has 3 nitrogen and oxygen atoms in total. The maximum absolute atomic E-state index is 12.4. The van der Waals surface area contributed by atoms with Crippen molar-refractivity contribution in [3.05, 3.63) is 65.7 Å². The smallest absolute Gasteiger partial charge is 0.251 e. The lowest BCUT2D eigenvalue weighted by molar-refractivity contribution is 0.0914. The monoisotopic (exact) mass is 340 g/mol. The largest absolute Gasteiger partial charge is 0.349 e. The number of benzene rings is 2. The van der Waals surface area contributed by atoms with E-state index in [4.69, 9.17) is 0 Å². The summed E-state index contributed by atoms with van der Waals surface area (Å²) in [5.41, 5.74) is 1.98. The van der Waals surface area contributed by atoms with E-state index in [2.05, 4.69) is 54.0 Å². The van der Waals surface area contributed by atoms with E-state index in [1.807, 2.05) is 30.0 Å². The number of carbonyl (C=O) groups is 1. The van der Waals surface area contributed by atoms with Crippen LogP contribution in [0.2, 0.25) is 0 Å². The van der Waals surface area contributed by atoms with Crippen molar-refractivity contribution in [1.82, 2.24) is 10.6 Å². The normalized spacial score (nSPS) is 20.5. The molecule has 126 valence electrons. The molecule has 3 rings (SSSR count). The van der Waals surface area contributed by atoms with Crippen LogP contribution in [-0.4, -0.2) is 25.0 Å². The number of carbonyl (C=O) groups excluding carboxylic acids is 1. The van der Waals surface area contributed by atoms with Crippen LogP contribution in [0.3, 0.4) is 0 Å². The second-order valence-corrected chi connectivity index (χ2v) is 7.40. The van der Waals surface area contributed by atoms with Gasteiger partial charge in [-0.2, -0.15) is 0 Å². The van der Waals surface area contributed by atoms with Crippen LogP contribution in [0.25, 0.3) is 0 Å². The zero-order valence-corrected chi connectivity index (χ0v) is 14.8. The Morgan fingerprint density at radius 3 is 2.62 bits per heavy atom. The first-order valence-corrected chi connectivity index (χ1v) is 9.49. The number of hydrogen-bond donors (Lipinski definition) is 2. The van der Waals surface area contributed by atoms with Gasteiger partial charge in [0.1, 0.15) is 0 Å². The Labute approximate surface area is 148 Å². The Bertz CT molecular complexity index is 657. The van der Waals surface area contributed by atoms with Crippen molar-refractivity contribution in [3.63, 3.8) is 0 Å². The Hall–Kier alpha value is -1.78. The van der Waals surface area contributed by atoms with Crippen LogP contribution in [0.15, 0.2) is 59.5 Å². The molecule has 4 heteroatoms. The minimum atomic E-state index is 0.0380. The van der Waals surface area contributed by atoms with Crippen molar-refractivity contribution in [2.24, 2.45) is 5.92 Å². The van der Waals surface area contributed by atoms with Gasteiger partial charge in [-0.1, -0.05) is 37.3 Å². The highest BCUT2D eigenvalue weighted by Gasteiger charge is 2.22. The number of rotatable bonds is 5. The predicted molar refractivity (Wildman–Crippen MR) is 100 cm³/mol. The third kappa shape index (κ3) is 4.62. The Morgan fingerprint density at radius 1 is 1.17 bits per heavy atom. The first-order valence-electron chi connectivity index (χ1n) is 8.51. The maximum Gasteiger partial charge on any atom is 0.251 e. The minimum Gasteiger partial charge on any atom is -0.349 e. The van der Waals surface area contributed by atoms with Crippen LogP contribution in [0.4, 0.5) is 0 Å². The molecule has 0 aromatic heterocycles. The number of thioether (sulfide) groups is 1. The summed E-state index contributed by atoms with van der Waals surface area (Å²) in [6, 6.07) is 18.6. The molecule has 1 heterocycles. The summed E-state index contributed by atoms with van der Waals surface area (Å²) in [6.45, 7) is 4.13. The highest BCUT2D eigenvalue weighted by atomic mass is 32.2. The molecule has 0 bridgehead atoms. The summed E-state index contributed by atoms with van der Waals surface area (Å²) in [5, 5.41) is 6.54. The van der Waals surface area contributed by atoms with Crippen LogP contribution in [0, 0.1) is 5.92 Å². The van der Waals surface area contributed by atoms with Crippen LogP contribution in [-0.2, 0) is 5.75 Å². The van der Waals surface area contributed by atoms with E-state index < -0.39 is 0 Å². The summed E-state index contributed by atoms with van der Waals surface area (Å²) < 4.78 is 0. The third-order valence-electron chi connectivity index (χ3n) is 4.47. The van der Waals surface area contributed by atoms with Gasteiger partial charge >= 0.3 is 0 Å². The summed E-state index contributed by atoms with van der Waals surface area (Å²) in [6.07, 6.45) is 0.999. The molecule has 1 saturated heterocycles. The average molecular weight is 340 g/mol. The molecule has 2 unspecified atom stereocenters. The minimum absolute atomic E-state index is 0.0380. The molecular formula is C20H24N2OS. The molecule has 1 fully saturated rings. The molecule has 1 aliphatic rings. The molecule has 2 aromatic carbocycles. The van der Waals surface area contributed by atoms with E-state index in [-0.39, 0.29) is 11.9 Å². The van der Waals surface area contributed by atoms with Crippen molar-refractivity contribution in [3.8, 4) is 0 Å². The van der Waals surface area contributed by atoms with Crippen LogP contribution >= 0.6 is 11.8 Å². The van der Waals surface area contributed by atoms with Gasteiger partial charge in [-0.25, -0.2) is 0 Å². The van der Waals surface area contributed by atoms with Gasteiger partial charge in [0.25, 0.3) is 5.91 Å². The van der Waals surface area contributed by atoms with Gasteiger partial charge in [-0.3, -0.25) is 4.79 Å². The topological polar surface area (TPSA) is 41.1 Å². The highest BCUT2D eigenvalue weighted by Crippen LogP contribution is 2.22. The second-order valence-electron chi connectivity index (χ2n) is 6.35. The summed E-state index contributed by atoms with van der Waals surface area (Å²) >= 11 is 1.81. The van der Waals surface area contributed by atoms with Crippen molar-refractivity contribution in [2.75, 3.05) is 13.1 Å². The van der Waals surface area contributed by atoms with Crippen LogP contribution in [0.5, 0.6) is 0 Å². The molecular weight excluding hydrogens is 316 g/mol. The predicted octanol–water partition coefficient (Wildman–Crippen LogP) is 3.71. The zero-order valence-electron chi connectivity index (χ0n) is 14.0. The average Bonchev–Trinajstić information content (AvgIpc) is 2.63. The fourth-order valence-corrected chi connectivity index (χ4v) is 3.79. The van der Waals surface area contributed by atoms with E-state index in [0.717, 1.165) is 30.8 Å². The molecule has 2 N–H and O–H groups in total. The van der Waals surface area contributed by atoms with Gasteiger partial charge in [0, 0.05) is 22.3 Å². The molecule has 1 amide bonds. The Morgan fingerprint density at radius 2 is 1.92 bits per heavy atom. The molecule has 0 spiro atoms. The quantitative estimate of drug-likeness (QED) is 0.815. The van der Waals surface area contributed by atoms with Crippen molar-refractivity contribution < 1.29 is 4.79 Å². The standard InChI is InChI=1S/C20H24N2OS/c1-15-13-21-12-11-19(15)22-20(23)17-9-7-16(8-10-17)14-24-18-5-3-2-4-6-18/h2-10,15,19,21H,11-14H2,1H3,(H,22,23). The van der Waals surface area contributed by atoms with E-state index in [0.29, 0.717) is 5.92 Å². The lowest BCUT2D eigenvalue weighted by Gasteiger charge is -2.30. The highest BCUT2D eigenvalue weighted by molar-refractivity contribution is 7.98. The number of hydrogen-bond acceptors (Lipinski definition) is 3. The fraction of sp³-hybridized carbons (Fsp3) is 0.350. The lowest BCUT2D eigenvalue weighted by atomic mass is 9.95. The fourth-order valence-electron chi connectivity index (χ4n) is 2.92. The van der Waals surface area contributed by atoms with E-state index in [1.165, 1.54) is 10.5 Å². The van der Waals surface area contributed by atoms with Crippen molar-refractivity contribution in [1.29, 1.82) is 0 Å². The van der Waals surface area contributed by atoms with E-state index in [9.17, 15) is 4.79 Å². The van der Waals surface area contributed by atoms with Gasteiger partial charge in [0.15, 0.2) is 0 Å². The van der Waals surface area contributed by atoms with Gasteiger partial charge in [-0.15, -0.1) is 11.8 Å². The summed E-state index contributed by atoms with van der Waals surface area (Å²) in [4.78, 5) is 13.7. The second kappa shape index (κ2) is 8.36. The Balaban J connectivity index is 1.54. The summed E-state index contributed by atoms with van der Waals surface area (Å²) in [7, 11) is 0. The SMILES string of the molecule is CC1CNCCC1NC(=O)c1ccc(CSc2ccccc2)cc1. The van der Waals surface area contributed by atoms with Crippen molar-refractivity contribution in [2.45, 2.75) is 30.0 Å². The Kier molecular flexibility index (Phi) is 5.94. The van der Waals surface area contributed by atoms with Crippen LogP contribution < -0.4 is 10.6 Å². The van der Waals surface area contributed by atoms with Gasteiger partial charge < -0.3 is 10.6 Å². The number of amides is 1. The first kappa shape index (κ1) is 17.1. The number of nitrogens with one attached hydrogen (secondary N) is 2. The molecule has 0 radical (unpaired) electrons. The molecule has 0 aliphatic carbocycles. The van der Waals surface area contributed by atoms with E-state index in [1.54, 1.807) is 0 Å². The molecule has 2 atom stereocenters. The molecule has 1 aliphatic heterocycles. The lowest BCUT2D eigenvalue weighted by Crippen LogP contribution is -2.48. The maximum atomic E-state index is 12.4. The van der Waals surface area contributed by atoms with Gasteiger partial charge in [-0.05, 0) is 55.3 Å². The van der Waals surface area contributed by atoms with Gasteiger partial charge in [0.2, 0.25) is 0 Å². The van der Waals surface area contributed by atoms with E-state index >= 15 is 0 Å². The number of piperidine rings is 1. The van der Waals surface area contributed by atoms with Crippen molar-refractivity contribution >= 4 is 17.7 Å². The van der Waals surface area contributed by atoms with Crippen LogP contribution in [0.1, 0.15) is 29.3 Å². The van der Waals surface area contributed by atoms with Gasteiger partial charge in [0.05, 0.1) is 0 Å². The molecule has 24 heavy (non-hydrogen) atoms. The zero-order chi connectivity index (χ0) is 16.8. The molecule has 0 saturated carbocycles.